The molecule has 1 heterocycles. The van der Waals surface area contributed by atoms with Gasteiger partial charge in [0.15, 0.2) is 5.16 Å². The van der Waals surface area contributed by atoms with Crippen molar-refractivity contribution in [3.63, 3.8) is 0 Å². The van der Waals surface area contributed by atoms with Gasteiger partial charge in [0, 0.05) is 19.4 Å². The minimum absolute atomic E-state index is 0.0724. The lowest BCUT2D eigenvalue weighted by atomic mass is 10.2. The van der Waals surface area contributed by atoms with Crippen LogP contribution < -0.4 is 0 Å². The molecule has 0 aliphatic heterocycles. The Labute approximate surface area is 121 Å². The van der Waals surface area contributed by atoms with Gasteiger partial charge in [-0.25, -0.2) is 9.37 Å². The van der Waals surface area contributed by atoms with Crippen LogP contribution in [-0.2, 0) is 23.6 Å². The molecule has 2 aromatic rings. The maximum absolute atomic E-state index is 13.6. The molecule has 0 saturated carbocycles. The van der Waals surface area contributed by atoms with Crippen molar-refractivity contribution in [2.75, 3.05) is 13.7 Å². The molecule has 1 aromatic carbocycles. The highest BCUT2D eigenvalue weighted by atomic mass is 32.2. The SMILES string of the molecule is COCCn1c(CO)cnc1SCc1ccccc1F. The molecule has 0 spiro atoms. The first-order valence-corrected chi connectivity index (χ1v) is 7.25. The zero-order valence-electron chi connectivity index (χ0n) is 11.3. The van der Waals surface area contributed by atoms with Gasteiger partial charge in [-0.3, -0.25) is 0 Å². The van der Waals surface area contributed by atoms with Crippen molar-refractivity contribution >= 4 is 11.8 Å². The van der Waals surface area contributed by atoms with Gasteiger partial charge in [0.05, 0.1) is 25.1 Å². The Morgan fingerprint density at radius 3 is 2.90 bits per heavy atom. The van der Waals surface area contributed by atoms with Crippen molar-refractivity contribution in [1.29, 1.82) is 0 Å². The third-order valence-electron chi connectivity index (χ3n) is 2.90. The van der Waals surface area contributed by atoms with E-state index < -0.39 is 0 Å². The molecule has 0 unspecified atom stereocenters. The van der Waals surface area contributed by atoms with Gasteiger partial charge in [0.25, 0.3) is 0 Å². The first kappa shape index (κ1) is 15.0. The van der Waals surface area contributed by atoms with Gasteiger partial charge in [-0.15, -0.1) is 0 Å². The summed E-state index contributed by atoms with van der Waals surface area (Å²) in [5.41, 5.74) is 1.38. The molecule has 0 amide bonds. The number of hydrogen-bond acceptors (Lipinski definition) is 4. The molecule has 2 rings (SSSR count). The Morgan fingerprint density at radius 1 is 1.40 bits per heavy atom. The third-order valence-corrected chi connectivity index (χ3v) is 3.94. The summed E-state index contributed by atoms with van der Waals surface area (Å²) < 4.78 is 20.5. The van der Waals surface area contributed by atoms with Gasteiger partial charge in [0.2, 0.25) is 0 Å². The van der Waals surface area contributed by atoms with Gasteiger partial charge < -0.3 is 14.4 Å². The maximum Gasteiger partial charge on any atom is 0.168 e. The van der Waals surface area contributed by atoms with Crippen molar-refractivity contribution in [3.8, 4) is 0 Å². The molecule has 0 atom stereocenters. The number of rotatable bonds is 7. The minimum atomic E-state index is -0.211. The van der Waals surface area contributed by atoms with E-state index in [1.165, 1.54) is 17.8 Å². The molecule has 6 heteroatoms. The van der Waals surface area contributed by atoms with Crippen LogP contribution in [0.3, 0.4) is 0 Å². The first-order chi connectivity index (χ1) is 9.76. The minimum Gasteiger partial charge on any atom is -0.390 e. The summed E-state index contributed by atoms with van der Waals surface area (Å²) >= 11 is 1.45. The summed E-state index contributed by atoms with van der Waals surface area (Å²) in [5, 5.41) is 10.0. The lowest BCUT2D eigenvalue weighted by molar-refractivity contribution is 0.180. The summed E-state index contributed by atoms with van der Waals surface area (Å²) in [7, 11) is 1.63. The van der Waals surface area contributed by atoms with E-state index in [1.807, 2.05) is 10.6 Å². The molecular formula is C14H17FN2O2S. The zero-order chi connectivity index (χ0) is 14.4. The number of nitrogens with zero attached hydrogens (tertiary/aromatic N) is 2. The van der Waals surface area contributed by atoms with Crippen molar-refractivity contribution in [3.05, 3.63) is 47.5 Å². The Kier molecular flexibility index (Phi) is 5.58. The lowest BCUT2D eigenvalue weighted by Crippen LogP contribution is -2.09. The molecule has 0 fully saturated rings. The molecule has 0 aliphatic rings. The molecule has 4 nitrogen and oxygen atoms in total. The van der Waals surface area contributed by atoms with Gasteiger partial charge in [0.1, 0.15) is 5.82 Å². The number of benzene rings is 1. The Balaban J connectivity index is 2.09. The normalized spacial score (nSPS) is 10.9. The highest BCUT2D eigenvalue weighted by Crippen LogP contribution is 2.24. The lowest BCUT2D eigenvalue weighted by Gasteiger charge is -2.10. The number of halogens is 1. The number of ether oxygens (including phenoxy) is 1. The van der Waals surface area contributed by atoms with Crippen molar-refractivity contribution in [2.45, 2.75) is 24.1 Å². The van der Waals surface area contributed by atoms with Crippen LogP contribution >= 0.6 is 11.8 Å². The standard InChI is InChI=1S/C14H17FN2O2S/c1-19-7-6-17-12(9-18)8-16-14(17)20-10-11-4-2-3-5-13(11)15/h2-5,8,18H,6-7,9-10H2,1H3. The predicted octanol–water partition coefficient (Wildman–Crippen LogP) is 2.45. The smallest absolute Gasteiger partial charge is 0.168 e. The second kappa shape index (κ2) is 7.42. The fraction of sp³-hybridized carbons (Fsp3) is 0.357. The second-order valence-electron chi connectivity index (χ2n) is 4.21. The van der Waals surface area contributed by atoms with E-state index in [0.29, 0.717) is 24.5 Å². The molecule has 0 radical (unpaired) electrons. The van der Waals surface area contributed by atoms with Crippen molar-refractivity contribution < 1.29 is 14.2 Å². The van der Waals surface area contributed by atoms with Crippen LogP contribution in [-0.4, -0.2) is 28.4 Å². The fourth-order valence-corrected chi connectivity index (χ4v) is 2.82. The number of imidazole rings is 1. The molecule has 0 aliphatic carbocycles. The molecule has 20 heavy (non-hydrogen) atoms. The number of methoxy groups -OCH3 is 1. The topological polar surface area (TPSA) is 47.3 Å². The highest BCUT2D eigenvalue weighted by Gasteiger charge is 2.11. The molecule has 108 valence electrons. The Bertz CT molecular complexity index is 560. The number of aliphatic hydroxyl groups excluding tert-OH is 1. The van der Waals surface area contributed by atoms with E-state index >= 15 is 0 Å². The van der Waals surface area contributed by atoms with E-state index in [4.69, 9.17) is 4.74 Å². The van der Waals surface area contributed by atoms with Crippen LogP contribution in [0.4, 0.5) is 4.39 Å². The van der Waals surface area contributed by atoms with E-state index in [2.05, 4.69) is 4.98 Å². The van der Waals surface area contributed by atoms with Crippen LogP contribution in [0.1, 0.15) is 11.3 Å². The Hall–Kier alpha value is -1.37. The molecular weight excluding hydrogens is 279 g/mol. The summed E-state index contributed by atoms with van der Waals surface area (Å²) in [6, 6.07) is 6.70. The molecule has 1 aromatic heterocycles. The summed E-state index contributed by atoms with van der Waals surface area (Å²) in [6.07, 6.45) is 1.64. The van der Waals surface area contributed by atoms with Crippen molar-refractivity contribution in [2.24, 2.45) is 0 Å². The highest BCUT2D eigenvalue weighted by molar-refractivity contribution is 7.98. The second-order valence-corrected chi connectivity index (χ2v) is 5.16. The van der Waals surface area contributed by atoms with Crippen LogP contribution in [0.2, 0.25) is 0 Å². The molecule has 1 N–H and O–H groups in total. The van der Waals surface area contributed by atoms with E-state index in [1.54, 1.807) is 25.4 Å². The largest absolute Gasteiger partial charge is 0.390 e. The number of thioether (sulfide) groups is 1. The molecule has 0 bridgehead atoms. The summed E-state index contributed by atoms with van der Waals surface area (Å²) in [4.78, 5) is 4.27. The summed E-state index contributed by atoms with van der Waals surface area (Å²) in [6.45, 7) is 1.08. The van der Waals surface area contributed by atoms with Crippen LogP contribution in [0.15, 0.2) is 35.6 Å². The quantitative estimate of drug-likeness (QED) is 0.797. The van der Waals surface area contributed by atoms with Gasteiger partial charge >= 0.3 is 0 Å². The average molecular weight is 296 g/mol. The van der Waals surface area contributed by atoms with Crippen LogP contribution in [0.25, 0.3) is 0 Å². The van der Waals surface area contributed by atoms with E-state index in [0.717, 1.165) is 10.9 Å². The van der Waals surface area contributed by atoms with Gasteiger partial charge in [-0.2, -0.15) is 0 Å². The predicted molar refractivity (Wildman–Crippen MR) is 76.0 cm³/mol. The Morgan fingerprint density at radius 2 is 2.20 bits per heavy atom. The van der Waals surface area contributed by atoms with Gasteiger partial charge in [-0.05, 0) is 11.6 Å². The zero-order valence-corrected chi connectivity index (χ0v) is 12.1. The average Bonchev–Trinajstić information content (AvgIpc) is 2.86. The molecule has 0 saturated heterocycles. The number of aromatic nitrogens is 2. The summed E-state index contributed by atoms with van der Waals surface area (Å²) in [5.74, 6) is 0.291. The fourth-order valence-electron chi connectivity index (χ4n) is 1.81. The maximum atomic E-state index is 13.6. The monoisotopic (exact) mass is 296 g/mol. The first-order valence-electron chi connectivity index (χ1n) is 6.26. The van der Waals surface area contributed by atoms with E-state index in [-0.39, 0.29) is 12.4 Å². The van der Waals surface area contributed by atoms with Crippen molar-refractivity contribution in [1.82, 2.24) is 9.55 Å². The third kappa shape index (κ3) is 3.59. The number of hydrogen-bond donors (Lipinski definition) is 1. The van der Waals surface area contributed by atoms with E-state index in [9.17, 15) is 9.50 Å². The number of aliphatic hydroxyl groups is 1. The van der Waals surface area contributed by atoms with Crippen LogP contribution in [0, 0.1) is 5.82 Å². The van der Waals surface area contributed by atoms with Crippen LogP contribution in [0.5, 0.6) is 0 Å². The van der Waals surface area contributed by atoms with Gasteiger partial charge in [-0.1, -0.05) is 30.0 Å².